The molecule has 5 nitrogen and oxygen atoms in total. The molecule has 0 fully saturated rings. The highest BCUT2D eigenvalue weighted by Gasteiger charge is 2.13. The molecule has 5 heteroatoms. The Kier molecular flexibility index (Phi) is 4.34. The van der Waals surface area contributed by atoms with Crippen LogP contribution in [0.5, 0.6) is 5.75 Å². The van der Waals surface area contributed by atoms with E-state index in [0.29, 0.717) is 28.5 Å². The van der Waals surface area contributed by atoms with Crippen LogP contribution in [0.25, 0.3) is 22.6 Å². The highest BCUT2D eigenvalue weighted by atomic mass is 16.5. The highest BCUT2D eigenvalue weighted by molar-refractivity contribution is 6.06. The van der Waals surface area contributed by atoms with E-state index >= 15 is 0 Å². The number of nitrogens with one attached hydrogen (secondary N) is 1. The van der Waals surface area contributed by atoms with Gasteiger partial charge in [0.1, 0.15) is 11.3 Å². The lowest BCUT2D eigenvalue weighted by Crippen LogP contribution is -2.12. The number of carbonyl (C=O) groups excluding carboxylic acids is 1. The molecule has 0 aliphatic carbocycles. The van der Waals surface area contributed by atoms with E-state index in [1.165, 1.54) is 5.56 Å². The monoisotopic (exact) mass is 358 g/mol. The molecule has 0 aliphatic rings. The number of aryl methyl sites for hydroxylation is 1. The minimum Gasteiger partial charge on any atom is -0.496 e. The molecular formula is C22H18N2O3. The molecule has 0 saturated carbocycles. The zero-order valence-electron chi connectivity index (χ0n) is 15.0. The predicted molar refractivity (Wildman–Crippen MR) is 105 cm³/mol. The normalized spacial score (nSPS) is 10.7. The number of carbonyl (C=O) groups is 1. The summed E-state index contributed by atoms with van der Waals surface area (Å²) in [6, 6.07) is 20.5. The van der Waals surface area contributed by atoms with Gasteiger partial charge in [-0.2, -0.15) is 0 Å². The molecule has 4 rings (SSSR count). The van der Waals surface area contributed by atoms with Gasteiger partial charge in [-0.1, -0.05) is 29.8 Å². The molecule has 1 heterocycles. The van der Waals surface area contributed by atoms with Crippen molar-refractivity contribution in [3.63, 3.8) is 0 Å². The fourth-order valence-electron chi connectivity index (χ4n) is 2.85. The van der Waals surface area contributed by atoms with Gasteiger partial charge in [-0.15, -0.1) is 0 Å². The Hall–Kier alpha value is -3.60. The van der Waals surface area contributed by atoms with Gasteiger partial charge in [-0.25, -0.2) is 4.98 Å². The Bertz CT molecular complexity index is 1110. The number of ether oxygens (including phenoxy) is 1. The maximum atomic E-state index is 12.6. The number of rotatable bonds is 4. The van der Waals surface area contributed by atoms with Crippen molar-refractivity contribution < 1.29 is 13.9 Å². The van der Waals surface area contributed by atoms with Gasteiger partial charge in [0.2, 0.25) is 5.89 Å². The Morgan fingerprint density at radius 2 is 1.81 bits per heavy atom. The van der Waals surface area contributed by atoms with Crippen LogP contribution in [-0.2, 0) is 0 Å². The minimum absolute atomic E-state index is 0.245. The lowest BCUT2D eigenvalue weighted by atomic mass is 10.1. The van der Waals surface area contributed by atoms with Gasteiger partial charge in [0.25, 0.3) is 5.91 Å². The van der Waals surface area contributed by atoms with E-state index in [0.717, 1.165) is 11.1 Å². The smallest absolute Gasteiger partial charge is 0.259 e. The number of anilines is 1. The lowest BCUT2D eigenvalue weighted by Gasteiger charge is -2.08. The third-order valence-corrected chi connectivity index (χ3v) is 4.30. The van der Waals surface area contributed by atoms with Crippen LogP contribution < -0.4 is 10.1 Å². The standard InChI is InChI=1S/C22H18N2O3/c1-14-7-9-15(10-8-14)22-24-18-12-11-16(13-20(18)27-22)23-21(25)17-5-3-4-6-19(17)26-2/h3-13H,1-2H3,(H,23,25). The van der Waals surface area contributed by atoms with E-state index in [9.17, 15) is 4.79 Å². The molecule has 0 unspecified atom stereocenters. The lowest BCUT2D eigenvalue weighted by molar-refractivity contribution is 0.102. The molecule has 27 heavy (non-hydrogen) atoms. The van der Waals surface area contributed by atoms with Gasteiger partial charge in [-0.05, 0) is 43.3 Å². The molecule has 0 spiro atoms. The first kappa shape index (κ1) is 16.8. The van der Waals surface area contributed by atoms with Gasteiger partial charge < -0.3 is 14.5 Å². The molecule has 134 valence electrons. The van der Waals surface area contributed by atoms with Crippen LogP contribution in [0.1, 0.15) is 15.9 Å². The number of nitrogens with zero attached hydrogens (tertiary/aromatic N) is 1. The molecule has 0 atom stereocenters. The minimum atomic E-state index is -0.245. The summed E-state index contributed by atoms with van der Waals surface area (Å²) in [6.45, 7) is 2.03. The zero-order chi connectivity index (χ0) is 18.8. The number of aromatic nitrogens is 1. The van der Waals surface area contributed by atoms with E-state index in [2.05, 4.69) is 10.3 Å². The average Bonchev–Trinajstić information content (AvgIpc) is 3.11. The van der Waals surface area contributed by atoms with Crippen molar-refractivity contribution in [2.75, 3.05) is 12.4 Å². The molecule has 1 N–H and O–H groups in total. The summed E-state index contributed by atoms with van der Waals surface area (Å²) in [7, 11) is 1.54. The van der Waals surface area contributed by atoms with E-state index < -0.39 is 0 Å². The molecular weight excluding hydrogens is 340 g/mol. The van der Waals surface area contributed by atoms with Gasteiger partial charge in [-0.3, -0.25) is 4.79 Å². The van der Waals surface area contributed by atoms with Crippen molar-refractivity contribution in [3.8, 4) is 17.2 Å². The fraction of sp³-hybridized carbons (Fsp3) is 0.0909. The Balaban J connectivity index is 1.62. The number of fused-ring (bicyclic) bond motifs is 1. The first-order valence-electron chi connectivity index (χ1n) is 8.56. The first-order chi connectivity index (χ1) is 13.1. The zero-order valence-corrected chi connectivity index (χ0v) is 15.0. The summed E-state index contributed by atoms with van der Waals surface area (Å²) >= 11 is 0. The van der Waals surface area contributed by atoms with Crippen LogP contribution in [0.2, 0.25) is 0 Å². The van der Waals surface area contributed by atoms with E-state index in [4.69, 9.17) is 9.15 Å². The molecule has 1 aromatic heterocycles. The van der Waals surface area contributed by atoms with E-state index in [1.54, 1.807) is 37.4 Å². The van der Waals surface area contributed by atoms with Crippen LogP contribution in [-0.4, -0.2) is 18.0 Å². The van der Waals surface area contributed by atoms with Gasteiger partial charge in [0.05, 0.1) is 12.7 Å². The van der Waals surface area contributed by atoms with E-state index in [1.807, 2.05) is 43.3 Å². The number of benzene rings is 3. The Morgan fingerprint density at radius 3 is 2.59 bits per heavy atom. The van der Waals surface area contributed by atoms with Crippen molar-refractivity contribution in [2.24, 2.45) is 0 Å². The summed E-state index contributed by atoms with van der Waals surface area (Å²) < 4.78 is 11.1. The second-order valence-electron chi connectivity index (χ2n) is 6.22. The largest absolute Gasteiger partial charge is 0.496 e. The van der Waals surface area contributed by atoms with Crippen LogP contribution in [0.4, 0.5) is 5.69 Å². The van der Waals surface area contributed by atoms with Gasteiger partial charge >= 0.3 is 0 Å². The second-order valence-corrected chi connectivity index (χ2v) is 6.22. The average molecular weight is 358 g/mol. The van der Waals surface area contributed by atoms with Crippen molar-refractivity contribution in [2.45, 2.75) is 6.92 Å². The Morgan fingerprint density at radius 1 is 1.04 bits per heavy atom. The van der Waals surface area contributed by atoms with Crippen LogP contribution in [0.3, 0.4) is 0 Å². The molecule has 0 aliphatic heterocycles. The summed E-state index contributed by atoms with van der Waals surface area (Å²) in [5.41, 5.74) is 4.54. The van der Waals surface area contributed by atoms with Crippen LogP contribution >= 0.6 is 0 Å². The number of hydrogen-bond donors (Lipinski definition) is 1. The predicted octanol–water partition coefficient (Wildman–Crippen LogP) is 5.06. The second kappa shape index (κ2) is 6.96. The quantitative estimate of drug-likeness (QED) is 0.553. The number of hydrogen-bond acceptors (Lipinski definition) is 4. The maximum Gasteiger partial charge on any atom is 0.259 e. The summed E-state index contributed by atoms with van der Waals surface area (Å²) in [5, 5.41) is 2.87. The third-order valence-electron chi connectivity index (χ3n) is 4.30. The fourth-order valence-corrected chi connectivity index (χ4v) is 2.85. The number of para-hydroxylation sites is 1. The first-order valence-corrected chi connectivity index (χ1v) is 8.56. The number of oxazole rings is 1. The maximum absolute atomic E-state index is 12.6. The number of amides is 1. The molecule has 4 aromatic rings. The summed E-state index contributed by atoms with van der Waals surface area (Å²) in [6.07, 6.45) is 0. The highest BCUT2D eigenvalue weighted by Crippen LogP contribution is 2.27. The van der Waals surface area contributed by atoms with Crippen molar-refractivity contribution in [1.29, 1.82) is 0 Å². The van der Waals surface area contributed by atoms with Gasteiger partial charge in [0.15, 0.2) is 5.58 Å². The third kappa shape index (κ3) is 3.40. The molecule has 0 radical (unpaired) electrons. The van der Waals surface area contributed by atoms with Crippen LogP contribution in [0.15, 0.2) is 71.1 Å². The summed E-state index contributed by atoms with van der Waals surface area (Å²) in [4.78, 5) is 17.1. The van der Waals surface area contributed by atoms with Crippen LogP contribution in [0, 0.1) is 6.92 Å². The van der Waals surface area contributed by atoms with Gasteiger partial charge in [0, 0.05) is 17.3 Å². The van der Waals surface area contributed by atoms with Crippen molar-refractivity contribution in [1.82, 2.24) is 4.98 Å². The molecule has 1 amide bonds. The topological polar surface area (TPSA) is 64.4 Å². The summed E-state index contributed by atoms with van der Waals surface area (Å²) in [5.74, 6) is 0.834. The SMILES string of the molecule is COc1ccccc1C(=O)Nc1ccc2nc(-c3ccc(C)cc3)oc2c1. The molecule has 0 bridgehead atoms. The molecule has 0 saturated heterocycles. The molecule has 3 aromatic carbocycles. The van der Waals surface area contributed by atoms with Crippen molar-refractivity contribution in [3.05, 3.63) is 77.9 Å². The number of methoxy groups -OCH3 is 1. The van der Waals surface area contributed by atoms with Crippen molar-refractivity contribution >= 4 is 22.7 Å². The Labute approximate surface area is 156 Å². The van der Waals surface area contributed by atoms with E-state index in [-0.39, 0.29) is 5.91 Å².